The van der Waals surface area contributed by atoms with Crippen LogP contribution in [0.4, 0.5) is 4.79 Å². The zero-order valence-corrected chi connectivity index (χ0v) is 30.2. The molecule has 3 aromatic carbocycles. The number of rotatable bonds is 22. The minimum absolute atomic E-state index is 0.0273. The molecule has 0 bridgehead atoms. The number of nitrogens with one attached hydrogen (secondary N) is 3. The lowest BCUT2D eigenvalue weighted by Crippen LogP contribution is -2.53. The molecular formula is C41H54N4O6. The second-order valence-corrected chi connectivity index (χ2v) is 13.2. The van der Waals surface area contributed by atoms with Crippen LogP contribution < -0.4 is 22.1 Å². The Balaban J connectivity index is 1.81. The van der Waals surface area contributed by atoms with E-state index in [4.69, 9.17) is 15.4 Å². The highest BCUT2D eigenvalue weighted by atomic mass is 16.6. The molecule has 0 saturated carbocycles. The molecule has 3 amide bonds. The van der Waals surface area contributed by atoms with Gasteiger partial charge in [-0.2, -0.15) is 0 Å². The highest BCUT2D eigenvalue weighted by Crippen LogP contribution is 2.48. The summed E-state index contributed by atoms with van der Waals surface area (Å²) in [5.41, 5.74) is 5.40. The van der Waals surface area contributed by atoms with Crippen molar-refractivity contribution in [2.24, 2.45) is 22.6 Å². The van der Waals surface area contributed by atoms with Crippen molar-refractivity contribution < 1.29 is 28.8 Å². The fourth-order valence-corrected chi connectivity index (χ4v) is 6.76. The van der Waals surface area contributed by atoms with Gasteiger partial charge in [0.15, 0.2) is 0 Å². The molecule has 3 atom stereocenters. The molecule has 0 aromatic heterocycles. The van der Waals surface area contributed by atoms with Crippen LogP contribution in [0.2, 0.25) is 0 Å². The predicted molar refractivity (Wildman–Crippen MR) is 199 cm³/mol. The maximum atomic E-state index is 14.2. The van der Waals surface area contributed by atoms with Crippen LogP contribution in [0.1, 0.15) is 88.8 Å². The number of carbonyl (C=O) groups is 4. The molecule has 0 heterocycles. The molecular weight excluding hydrogens is 644 g/mol. The van der Waals surface area contributed by atoms with E-state index >= 15 is 0 Å². The van der Waals surface area contributed by atoms with Gasteiger partial charge in [-0.05, 0) is 54.2 Å². The van der Waals surface area contributed by atoms with Crippen molar-refractivity contribution in [1.29, 1.82) is 0 Å². The Hall–Kier alpha value is -4.80. The first-order chi connectivity index (χ1) is 24.7. The van der Waals surface area contributed by atoms with Crippen LogP contribution in [0.25, 0.3) is 6.08 Å². The number of ether oxygens (including phenoxy) is 1. The van der Waals surface area contributed by atoms with Gasteiger partial charge in [0.1, 0.15) is 17.8 Å². The van der Waals surface area contributed by atoms with E-state index in [9.17, 15) is 19.2 Å². The molecule has 10 heteroatoms. The fraction of sp³-hybridized carbons (Fsp3) is 0.415. The number of hydrogen-bond acceptors (Lipinski definition) is 7. The van der Waals surface area contributed by atoms with Crippen molar-refractivity contribution in [3.8, 4) is 0 Å². The molecule has 0 radical (unpaired) electrons. The minimum Gasteiger partial charge on any atom is -0.445 e. The molecule has 51 heavy (non-hydrogen) atoms. The smallest absolute Gasteiger partial charge is 0.407 e. The van der Waals surface area contributed by atoms with E-state index in [-0.39, 0.29) is 50.7 Å². The van der Waals surface area contributed by atoms with Gasteiger partial charge in [-0.15, -0.1) is 0 Å². The molecule has 3 aromatic rings. The molecule has 0 aliphatic rings. The highest BCUT2D eigenvalue weighted by molar-refractivity contribution is 6.06. The average molecular weight is 699 g/mol. The van der Waals surface area contributed by atoms with Gasteiger partial charge in [0.2, 0.25) is 11.8 Å². The first kappa shape index (κ1) is 40.6. The lowest BCUT2D eigenvalue weighted by atomic mass is 9.59. The Kier molecular flexibility index (Phi) is 17.1. The molecule has 3 rings (SSSR count). The fourth-order valence-electron chi connectivity index (χ4n) is 6.76. The maximum Gasteiger partial charge on any atom is 0.407 e. The second kappa shape index (κ2) is 21.4. The summed E-state index contributed by atoms with van der Waals surface area (Å²) in [7, 11) is 0. The van der Waals surface area contributed by atoms with Gasteiger partial charge in [0, 0.05) is 18.9 Å². The standard InChI is InChI=1S/C41H54N4O6/c1-4-26-40(3,35(24-15-23-32-17-9-6-10-18-32)37(47)45-51-30-34-21-13-8-14-22-34)31-41(27-5-2,38(48)44-42)36(46)25-16-28-43-39(49)50-29-33-19-11-7-12-20-33/h6-15,17-23,35H,4-5,16,24-31,42H2,1-3H3,(H,43,49)(H,44,48)(H,45,47)/b23-15+/t35-,40+,41?/m1/s1. The lowest BCUT2D eigenvalue weighted by Gasteiger charge is -2.43. The quantitative estimate of drug-likeness (QED) is 0.0285. The first-order valence-corrected chi connectivity index (χ1v) is 17.8. The summed E-state index contributed by atoms with van der Waals surface area (Å²) in [6.45, 7) is 6.41. The minimum atomic E-state index is -1.49. The van der Waals surface area contributed by atoms with Gasteiger partial charge in [-0.1, -0.05) is 137 Å². The van der Waals surface area contributed by atoms with Gasteiger partial charge in [0.05, 0.1) is 6.61 Å². The summed E-state index contributed by atoms with van der Waals surface area (Å²) >= 11 is 0. The number of hydroxylamine groups is 1. The van der Waals surface area contributed by atoms with Crippen molar-refractivity contribution in [3.05, 3.63) is 114 Å². The highest BCUT2D eigenvalue weighted by Gasteiger charge is 2.51. The van der Waals surface area contributed by atoms with E-state index in [1.54, 1.807) is 0 Å². The Bertz CT molecular complexity index is 1540. The van der Waals surface area contributed by atoms with Crippen LogP contribution in [0.5, 0.6) is 0 Å². The number of amides is 3. The van der Waals surface area contributed by atoms with E-state index in [0.717, 1.165) is 16.7 Å². The zero-order chi connectivity index (χ0) is 37.0. The molecule has 0 spiro atoms. The third-order valence-electron chi connectivity index (χ3n) is 9.26. The molecule has 0 aliphatic carbocycles. The second-order valence-electron chi connectivity index (χ2n) is 13.2. The number of ketones is 1. The topological polar surface area (TPSA) is 149 Å². The monoisotopic (exact) mass is 698 g/mol. The summed E-state index contributed by atoms with van der Waals surface area (Å²) in [6.07, 6.45) is 6.17. The maximum absolute atomic E-state index is 14.2. The normalized spacial score (nSPS) is 14.1. The van der Waals surface area contributed by atoms with Crippen molar-refractivity contribution in [3.63, 3.8) is 0 Å². The Labute approximate surface area is 302 Å². The van der Waals surface area contributed by atoms with Crippen molar-refractivity contribution in [2.75, 3.05) is 6.54 Å². The molecule has 0 saturated heterocycles. The average Bonchev–Trinajstić information content (AvgIpc) is 3.14. The van der Waals surface area contributed by atoms with Crippen LogP contribution in [0.3, 0.4) is 0 Å². The number of alkyl carbamates (subject to hydrolysis) is 1. The molecule has 1 unspecified atom stereocenters. The third kappa shape index (κ3) is 12.8. The van der Waals surface area contributed by atoms with E-state index in [1.807, 2.05) is 124 Å². The van der Waals surface area contributed by atoms with Crippen LogP contribution in [-0.2, 0) is 37.2 Å². The van der Waals surface area contributed by atoms with Crippen molar-refractivity contribution in [1.82, 2.24) is 16.2 Å². The van der Waals surface area contributed by atoms with Gasteiger partial charge < -0.3 is 10.1 Å². The van der Waals surface area contributed by atoms with Crippen LogP contribution >= 0.6 is 0 Å². The number of Topliss-reactive ketones (excluding diaryl/α,β-unsaturated/α-hetero) is 1. The third-order valence-corrected chi connectivity index (χ3v) is 9.26. The van der Waals surface area contributed by atoms with Crippen molar-refractivity contribution >= 4 is 29.8 Å². The number of benzene rings is 3. The lowest BCUT2D eigenvalue weighted by molar-refractivity contribution is -0.152. The Morgan fingerprint density at radius 1 is 0.824 bits per heavy atom. The Morgan fingerprint density at radius 2 is 1.41 bits per heavy atom. The van der Waals surface area contributed by atoms with Crippen LogP contribution in [0, 0.1) is 16.7 Å². The summed E-state index contributed by atoms with van der Waals surface area (Å²) in [4.78, 5) is 60.0. The first-order valence-electron chi connectivity index (χ1n) is 17.8. The summed E-state index contributed by atoms with van der Waals surface area (Å²) in [6, 6.07) is 28.7. The van der Waals surface area contributed by atoms with Gasteiger partial charge >= 0.3 is 6.09 Å². The number of allylic oxidation sites excluding steroid dienone is 1. The molecule has 0 aliphatic heterocycles. The van der Waals surface area contributed by atoms with E-state index in [0.29, 0.717) is 32.1 Å². The van der Waals surface area contributed by atoms with Crippen molar-refractivity contribution in [2.45, 2.75) is 85.4 Å². The number of carbonyl (C=O) groups excluding carboxylic acids is 4. The predicted octanol–water partition coefficient (Wildman–Crippen LogP) is 7.20. The summed E-state index contributed by atoms with van der Waals surface area (Å²) in [5, 5.41) is 2.69. The van der Waals surface area contributed by atoms with E-state index in [1.165, 1.54) is 0 Å². The molecule has 274 valence electrons. The summed E-state index contributed by atoms with van der Waals surface area (Å²) in [5.74, 6) is 3.92. The zero-order valence-electron chi connectivity index (χ0n) is 30.2. The van der Waals surface area contributed by atoms with Gasteiger partial charge in [-0.3, -0.25) is 24.6 Å². The van der Waals surface area contributed by atoms with Crippen LogP contribution in [-0.4, -0.2) is 30.2 Å². The number of hydrazine groups is 1. The van der Waals surface area contributed by atoms with Gasteiger partial charge in [0.25, 0.3) is 0 Å². The molecule has 5 N–H and O–H groups in total. The largest absolute Gasteiger partial charge is 0.445 e. The summed E-state index contributed by atoms with van der Waals surface area (Å²) < 4.78 is 5.28. The number of hydrogen-bond donors (Lipinski definition) is 4. The van der Waals surface area contributed by atoms with E-state index in [2.05, 4.69) is 16.2 Å². The van der Waals surface area contributed by atoms with Crippen LogP contribution in [0.15, 0.2) is 97.1 Å². The van der Waals surface area contributed by atoms with E-state index < -0.39 is 28.7 Å². The SMILES string of the molecule is CCCC(C[C@](C)(CCC)[C@H](C/C=C/c1ccccc1)C(=O)NOCc1ccccc1)(C(=O)CCCNC(=O)OCc1ccccc1)C(=O)NN. The molecule has 10 nitrogen and oxygen atoms in total. The molecule has 0 fully saturated rings. The number of nitrogens with two attached hydrogens (primary N) is 1. The Morgan fingerprint density at radius 3 is 2.00 bits per heavy atom. The van der Waals surface area contributed by atoms with Gasteiger partial charge in [-0.25, -0.2) is 16.1 Å².